The maximum absolute atomic E-state index is 2.70. The van der Waals surface area contributed by atoms with E-state index in [9.17, 15) is 0 Å². The molecule has 2 heterocycles. The minimum atomic E-state index is 0.00528. The Bertz CT molecular complexity index is 2930. The van der Waals surface area contributed by atoms with Gasteiger partial charge in [0.25, 0.3) is 0 Å². The second-order valence-electron chi connectivity index (χ2n) is 21.2. The van der Waals surface area contributed by atoms with Crippen molar-refractivity contribution >= 4 is 66.4 Å². The Morgan fingerprint density at radius 3 is 1.17 bits per heavy atom. The van der Waals surface area contributed by atoms with Crippen LogP contribution in [0.1, 0.15) is 90.2 Å². The van der Waals surface area contributed by atoms with Crippen LogP contribution in [-0.2, 0) is 10.8 Å². The van der Waals surface area contributed by atoms with E-state index in [1.807, 2.05) is 0 Å². The molecular formula is C60H62N4. The monoisotopic (exact) mass is 838 g/mol. The number of fused-ring (bicyclic) bond motifs is 6. The molecule has 0 saturated heterocycles. The Labute approximate surface area is 380 Å². The summed E-state index contributed by atoms with van der Waals surface area (Å²) in [7, 11) is 8.49. The van der Waals surface area contributed by atoms with Crippen LogP contribution in [0.15, 0.2) is 133 Å². The van der Waals surface area contributed by atoms with E-state index in [2.05, 4.69) is 209 Å². The second kappa shape index (κ2) is 13.8. The summed E-state index contributed by atoms with van der Waals surface area (Å²) in [6.45, 7) is 10.2. The highest BCUT2D eigenvalue weighted by Crippen LogP contribution is 2.63. The number of hydrogen-bond acceptors (Lipinski definition) is 4. The van der Waals surface area contributed by atoms with Gasteiger partial charge in [0, 0.05) is 73.1 Å². The predicted octanol–water partition coefficient (Wildman–Crippen LogP) is 15.5. The molecule has 2 aliphatic carbocycles. The first-order valence-electron chi connectivity index (χ1n) is 24.0. The summed E-state index contributed by atoms with van der Waals surface area (Å²) in [5.74, 6) is 0. The maximum Gasteiger partial charge on any atom is 0.0517 e. The normalized spacial score (nSPS) is 24.9. The van der Waals surface area contributed by atoms with Crippen LogP contribution in [0.2, 0.25) is 0 Å². The molecule has 12 rings (SSSR count). The van der Waals surface area contributed by atoms with Gasteiger partial charge in [0.2, 0.25) is 0 Å². The first-order valence-corrected chi connectivity index (χ1v) is 24.0. The number of nitrogens with zero attached hydrogens (tertiary/aromatic N) is 4. The summed E-state index contributed by atoms with van der Waals surface area (Å²) in [6.07, 6.45) is 9.87. The molecule has 64 heavy (non-hydrogen) atoms. The van der Waals surface area contributed by atoms with Crippen LogP contribution in [0.4, 0.5) is 34.1 Å². The molecule has 0 spiro atoms. The Hall–Kier alpha value is -6.00. The van der Waals surface area contributed by atoms with E-state index in [-0.39, 0.29) is 21.9 Å². The van der Waals surface area contributed by atoms with Crippen molar-refractivity contribution in [3.8, 4) is 22.3 Å². The lowest BCUT2D eigenvalue weighted by Gasteiger charge is -2.50. The Morgan fingerprint density at radius 1 is 0.406 bits per heavy atom. The van der Waals surface area contributed by atoms with Crippen LogP contribution in [0.3, 0.4) is 0 Å². The third-order valence-electron chi connectivity index (χ3n) is 17.7. The van der Waals surface area contributed by atoms with E-state index in [4.69, 9.17) is 0 Å². The van der Waals surface area contributed by atoms with Crippen LogP contribution >= 0.6 is 0 Å². The molecule has 2 saturated carbocycles. The van der Waals surface area contributed by atoms with Crippen molar-refractivity contribution in [2.45, 2.75) is 101 Å². The van der Waals surface area contributed by atoms with Crippen LogP contribution in [0.25, 0.3) is 54.6 Å². The standard InChI is InChI=1S/C60H62N4/c1-57-33-9-11-35-59(57,3)63(45-23-19-43(20-24-45)61(5)6)53-31-17-41(37-51(53)57)47-27-13-39-16-30-50-48(28-14-40-15-29-49(47)55(39)56(40)50)42-18-32-54-52(38-42)58(2)34-10-12-36-60(58,4)64(54)46-25-21-44(22-26-46)62(7)8/h13-32,37-38H,9-12,33-36H2,1-8H3. The molecule has 0 N–H and O–H groups in total. The van der Waals surface area contributed by atoms with E-state index in [0.717, 1.165) is 0 Å². The lowest BCUT2D eigenvalue weighted by Crippen LogP contribution is -2.54. The second-order valence-corrected chi connectivity index (χ2v) is 21.2. The van der Waals surface area contributed by atoms with Crippen LogP contribution in [0.5, 0.6) is 0 Å². The zero-order valence-electron chi connectivity index (χ0n) is 39.1. The van der Waals surface area contributed by atoms with Crippen molar-refractivity contribution in [1.82, 2.24) is 0 Å². The molecule has 0 radical (unpaired) electrons. The van der Waals surface area contributed by atoms with E-state index >= 15 is 0 Å². The van der Waals surface area contributed by atoms with Gasteiger partial charge < -0.3 is 19.6 Å². The molecule has 2 fully saturated rings. The predicted molar refractivity (Wildman–Crippen MR) is 275 cm³/mol. The van der Waals surface area contributed by atoms with Gasteiger partial charge in [-0.1, -0.05) is 100 Å². The number of anilines is 6. The van der Waals surface area contributed by atoms with E-state index in [1.165, 1.54) is 151 Å². The maximum atomic E-state index is 2.70. The van der Waals surface area contributed by atoms with Gasteiger partial charge in [-0.2, -0.15) is 0 Å². The summed E-state index contributed by atoms with van der Waals surface area (Å²) < 4.78 is 0. The minimum absolute atomic E-state index is 0.00528. The summed E-state index contributed by atoms with van der Waals surface area (Å²) in [5, 5.41) is 8.06. The molecule has 4 unspecified atom stereocenters. The third kappa shape index (κ3) is 5.23. The zero-order valence-corrected chi connectivity index (χ0v) is 39.1. The molecule has 0 aromatic heterocycles. The van der Waals surface area contributed by atoms with Crippen molar-refractivity contribution in [2.24, 2.45) is 0 Å². The van der Waals surface area contributed by atoms with Crippen molar-refractivity contribution in [3.05, 3.63) is 145 Å². The van der Waals surface area contributed by atoms with Crippen molar-refractivity contribution in [2.75, 3.05) is 47.8 Å². The fourth-order valence-electron chi connectivity index (χ4n) is 13.7. The number of rotatable bonds is 6. The van der Waals surface area contributed by atoms with Gasteiger partial charge in [-0.15, -0.1) is 0 Å². The van der Waals surface area contributed by atoms with Gasteiger partial charge >= 0.3 is 0 Å². The van der Waals surface area contributed by atoms with Gasteiger partial charge in [0.15, 0.2) is 0 Å². The fraction of sp³-hybridized carbons (Fsp3) is 0.333. The van der Waals surface area contributed by atoms with Gasteiger partial charge in [0.05, 0.1) is 11.1 Å². The first kappa shape index (κ1) is 39.6. The summed E-state index contributed by atoms with van der Waals surface area (Å²) >= 11 is 0. The number of hydrogen-bond donors (Lipinski definition) is 0. The number of benzene rings is 8. The molecule has 0 amide bonds. The van der Waals surface area contributed by atoms with Crippen LogP contribution in [-0.4, -0.2) is 39.3 Å². The first-order chi connectivity index (χ1) is 30.8. The Morgan fingerprint density at radius 2 is 0.781 bits per heavy atom. The van der Waals surface area contributed by atoms with E-state index in [1.54, 1.807) is 0 Å². The zero-order chi connectivity index (χ0) is 43.9. The van der Waals surface area contributed by atoms with Crippen LogP contribution < -0.4 is 19.6 Å². The molecule has 4 atom stereocenters. The lowest BCUT2D eigenvalue weighted by molar-refractivity contribution is 0.195. The molecule has 8 aromatic carbocycles. The van der Waals surface area contributed by atoms with Gasteiger partial charge in [-0.25, -0.2) is 0 Å². The fourth-order valence-corrected chi connectivity index (χ4v) is 13.7. The minimum Gasteiger partial charge on any atom is -0.378 e. The molecule has 8 aromatic rings. The van der Waals surface area contributed by atoms with Crippen molar-refractivity contribution in [3.63, 3.8) is 0 Å². The van der Waals surface area contributed by atoms with Crippen molar-refractivity contribution in [1.29, 1.82) is 0 Å². The molecule has 322 valence electrons. The highest BCUT2D eigenvalue weighted by Gasteiger charge is 2.59. The van der Waals surface area contributed by atoms with E-state index < -0.39 is 0 Å². The van der Waals surface area contributed by atoms with Crippen molar-refractivity contribution < 1.29 is 0 Å². The Balaban J connectivity index is 0.984. The third-order valence-corrected chi connectivity index (χ3v) is 17.7. The summed E-state index contributed by atoms with van der Waals surface area (Å²) in [4.78, 5) is 9.78. The molecule has 4 aliphatic rings. The SMILES string of the molecule is CN(C)c1ccc(N2c3ccc(-c4ccc5ccc6c(-c7ccc8c(c7)C7(C)CCCCC7(C)N8c7ccc(N(C)C)cc7)ccc7ccc4c5c76)cc3C3(C)CCCCC23C)cc1. The summed E-state index contributed by atoms with van der Waals surface area (Å²) in [5.41, 5.74) is 16.2. The molecule has 4 nitrogen and oxygen atoms in total. The smallest absolute Gasteiger partial charge is 0.0517 e. The highest BCUT2D eigenvalue weighted by molar-refractivity contribution is 6.27. The van der Waals surface area contributed by atoms with Gasteiger partial charge in [-0.3, -0.25) is 0 Å². The largest absolute Gasteiger partial charge is 0.378 e. The topological polar surface area (TPSA) is 13.0 Å². The average molecular weight is 839 g/mol. The van der Waals surface area contributed by atoms with Gasteiger partial charge in [-0.05, 0) is 178 Å². The average Bonchev–Trinajstić information content (AvgIpc) is 3.65. The molecule has 0 bridgehead atoms. The quantitative estimate of drug-likeness (QED) is 0.155. The highest BCUT2D eigenvalue weighted by atomic mass is 15.3. The molecule has 2 aliphatic heterocycles. The summed E-state index contributed by atoms with van der Waals surface area (Å²) in [6, 6.07) is 52.4. The molecular weight excluding hydrogens is 777 g/mol. The Kier molecular flexibility index (Phi) is 8.51. The van der Waals surface area contributed by atoms with E-state index in [0.29, 0.717) is 0 Å². The van der Waals surface area contributed by atoms with Gasteiger partial charge in [0.1, 0.15) is 0 Å². The lowest BCUT2D eigenvalue weighted by atomic mass is 9.61. The van der Waals surface area contributed by atoms with Crippen LogP contribution in [0, 0.1) is 0 Å². The molecule has 4 heteroatoms.